The van der Waals surface area contributed by atoms with E-state index in [1.54, 1.807) is 0 Å². The summed E-state index contributed by atoms with van der Waals surface area (Å²) in [5, 5.41) is 3.69. The maximum atomic E-state index is 3.69. The molecule has 0 amide bonds. The first-order valence-electron chi connectivity index (χ1n) is 7.28. The van der Waals surface area contributed by atoms with E-state index in [2.05, 4.69) is 24.1 Å². The lowest BCUT2D eigenvalue weighted by Crippen LogP contribution is -2.34. The molecule has 0 heterocycles. The van der Waals surface area contributed by atoms with E-state index in [1.165, 1.54) is 58.4 Å². The molecule has 94 valence electrons. The molecular weight excluding hydrogens is 196 g/mol. The normalized spacial score (nSPS) is 21.0. The average molecular weight is 224 g/mol. The number of hydrogen-bond donors (Lipinski definition) is 1. The molecule has 1 N–H and O–H groups in total. The number of hydrogen-bond acceptors (Lipinski definition) is 2. The first-order valence-corrected chi connectivity index (χ1v) is 7.28. The predicted octanol–water partition coefficient (Wildman–Crippen LogP) is 2.35. The van der Waals surface area contributed by atoms with Crippen molar-refractivity contribution in [2.24, 2.45) is 17.8 Å². The lowest BCUT2D eigenvalue weighted by atomic mass is 9.98. The largest absolute Gasteiger partial charge is 0.315 e. The quantitative estimate of drug-likeness (QED) is 0.605. The fourth-order valence-electron chi connectivity index (χ4n) is 2.81. The van der Waals surface area contributed by atoms with E-state index < -0.39 is 0 Å². The van der Waals surface area contributed by atoms with Crippen LogP contribution in [0.4, 0.5) is 0 Å². The van der Waals surface area contributed by atoms with Crippen molar-refractivity contribution >= 4 is 0 Å². The van der Waals surface area contributed by atoms with Crippen LogP contribution < -0.4 is 5.32 Å². The third kappa shape index (κ3) is 3.74. The van der Waals surface area contributed by atoms with Gasteiger partial charge in [0.25, 0.3) is 0 Å². The van der Waals surface area contributed by atoms with Crippen LogP contribution in [0.2, 0.25) is 0 Å². The van der Waals surface area contributed by atoms with Gasteiger partial charge in [0.05, 0.1) is 0 Å². The Morgan fingerprint density at radius 1 is 1.06 bits per heavy atom. The minimum absolute atomic E-state index is 1.02. The summed E-state index contributed by atoms with van der Waals surface area (Å²) in [4.78, 5) is 2.50. The molecule has 2 rings (SSSR count). The molecule has 2 saturated carbocycles. The second-order valence-electron chi connectivity index (χ2n) is 5.57. The molecule has 2 fully saturated rings. The molecule has 0 aromatic rings. The Morgan fingerprint density at radius 3 is 2.06 bits per heavy atom. The van der Waals surface area contributed by atoms with Gasteiger partial charge in [-0.3, -0.25) is 0 Å². The predicted molar refractivity (Wildman–Crippen MR) is 69.6 cm³/mol. The van der Waals surface area contributed by atoms with E-state index in [0.717, 1.165) is 17.8 Å². The van der Waals surface area contributed by atoms with Crippen LogP contribution in [-0.4, -0.2) is 37.6 Å². The highest BCUT2D eigenvalue weighted by atomic mass is 15.1. The molecule has 0 bridgehead atoms. The lowest BCUT2D eigenvalue weighted by Gasteiger charge is -2.20. The van der Waals surface area contributed by atoms with Crippen LogP contribution in [0.5, 0.6) is 0 Å². The van der Waals surface area contributed by atoms with Gasteiger partial charge in [-0.05, 0) is 63.1 Å². The Balaban J connectivity index is 1.55. The second kappa shape index (κ2) is 6.02. The van der Waals surface area contributed by atoms with E-state index >= 15 is 0 Å². The van der Waals surface area contributed by atoms with Crippen LogP contribution in [-0.2, 0) is 0 Å². The van der Waals surface area contributed by atoms with Gasteiger partial charge in [-0.1, -0.05) is 13.8 Å². The maximum absolute atomic E-state index is 3.69. The molecule has 2 aliphatic rings. The summed E-state index contributed by atoms with van der Waals surface area (Å²) in [6.07, 6.45) is 6.05. The Labute approximate surface area is 101 Å². The second-order valence-corrected chi connectivity index (χ2v) is 5.57. The van der Waals surface area contributed by atoms with Gasteiger partial charge >= 0.3 is 0 Å². The van der Waals surface area contributed by atoms with Crippen molar-refractivity contribution in [1.29, 1.82) is 0 Å². The van der Waals surface area contributed by atoms with Gasteiger partial charge in [0.2, 0.25) is 0 Å². The van der Waals surface area contributed by atoms with Crippen LogP contribution in [0, 0.1) is 17.8 Å². The van der Waals surface area contributed by atoms with Gasteiger partial charge in [-0.15, -0.1) is 0 Å². The maximum Gasteiger partial charge on any atom is 0.0107 e. The highest BCUT2D eigenvalue weighted by Crippen LogP contribution is 2.48. The summed E-state index contributed by atoms with van der Waals surface area (Å²) < 4.78 is 0. The highest BCUT2D eigenvalue weighted by Gasteiger charge is 2.40. The Morgan fingerprint density at radius 2 is 1.62 bits per heavy atom. The number of nitrogens with one attached hydrogen (secondary N) is 1. The third-order valence-electron chi connectivity index (χ3n) is 4.33. The molecule has 0 aliphatic heterocycles. The van der Waals surface area contributed by atoms with Gasteiger partial charge in [-0.25, -0.2) is 0 Å². The first kappa shape index (κ1) is 12.4. The molecule has 0 radical (unpaired) electrons. The van der Waals surface area contributed by atoms with Crippen molar-refractivity contribution in [2.45, 2.75) is 39.5 Å². The van der Waals surface area contributed by atoms with E-state index in [9.17, 15) is 0 Å². The molecule has 0 atom stereocenters. The van der Waals surface area contributed by atoms with Crippen LogP contribution in [0.3, 0.4) is 0 Å². The molecule has 16 heavy (non-hydrogen) atoms. The Hall–Kier alpha value is -0.0800. The summed E-state index contributed by atoms with van der Waals surface area (Å²) in [6.45, 7) is 10.6. The molecule has 2 nitrogen and oxygen atoms in total. The molecule has 0 unspecified atom stereocenters. The monoisotopic (exact) mass is 224 g/mol. The van der Waals surface area contributed by atoms with Crippen molar-refractivity contribution in [3.05, 3.63) is 0 Å². The topological polar surface area (TPSA) is 15.3 Å². The van der Waals surface area contributed by atoms with Crippen LogP contribution in [0.25, 0.3) is 0 Å². The molecule has 0 aromatic carbocycles. The van der Waals surface area contributed by atoms with Crippen LogP contribution in [0.15, 0.2) is 0 Å². The molecule has 2 heteroatoms. The molecule has 2 aliphatic carbocycles. The molecule has 0 spiro atoms. The van der Waals surface area contributed by atoms with Gasteiger partial charge in [0.15, 0.2) is 0 Å². The molecule has 0 aromatic heterocycles. The lowest BCUT2D eigenvalue weighted by molar-refractivity contribution is 0.292. The number of rotatable bonds is 9. The van der Waals surface area contributed by atoms with Gasteiger partial charge in [0.1, 0.15) is 0 Å². The van der Waals surface area contributed by atoms with Gasteiger partial charge in [0, 0.05) is 13.1 Å². The smallest absolute Gasteiger partial charge is 0.0107 e. The molecule has 0 saturated heterocycles. The summed E-state index contributed by atoms with van der Waals surface area (Å²) in [5.41, 5.74) is 0. The third-order valence-corrected chi connectivity index (χ3v) is 4.33. The SMILES string of the molecule is CCN(CC)CCNCC(C1CC1)C1CC1. The van der Waals surface area contributed by atoms with E-state index in [0.29, 0.717) is 0 Å². The number of likely N-dealkylation sites (N-methyl/N-ethyl adjacent to an activating group) is 1. The van der Waals surface area contributed by atoms with Gasteiger partial charge < -0.3 is 10.2 Å². The fraction of sp³-hybridized carbons (Fsp3) is 1.00. The van der Waals surface area contributed by atoms with E-state index in [4.69, 9.17) is 0 Å². The average Bonchev–Trinajstić information content (AvgIpc) is 3.17. The minimum atomic E-state index is 1.02. The summed E-state index contributed by atoms with van der Waals surface area (Å²) in [5.74, 6) is 3.21. The van der Waals surface area contributed by atoms with Gasteiger partial charge in [-0.2, -0.15) is 0 Å². The zero-order valence-electron chi connectivity index (χ0n) is 11.0. The van der Waals surface area contributed by atoms with Crippen molar-refractivity contribution in [3.8, 4) is 0 Å². The zero-order chi connectivity index (χ0) is 11.4. The molecular formula is C14H28N2. The highest BCUT2D eigenvalue weighted by molar-refractivity contribution is 4.92. The number of nitrogens with zero attached hydrogens (tertiary/aromatic N) is 1. The standard InChI is InChI=1S/C14H28N2/c1-3-16(4-2)10-9-15-11-14(12-5-6-12)13-7-8-13/h12-15H,3-11H2,1-2H3. The van der Waals surface area contributed by atoms with Crippen LogP contribution >= 0.6 is 0 Å². The van der Waals surface area contributed by atoms with E-state index in [1.807, 2.05) is 0 Å². The van der Waals surface area contributed by atoms with E-state index in [-0.39, 0.29) is 0 Å². The summed E-state index contributed by atoms with van der Waals surface area (Å²) in [7, 11) is 0. The van der Waals surface area contributed by atoms with Crippen LogP contribution in [0.1, 0.15) is 39.5 Å². The summed E-state index contributed by atoms with van der Waals surface area (Å²) >= 11 is 0. The minimum Gasteiger partial charge on any atom is -0.315 e. The Kier molecular flexibility index (Phi) is 4.66. The first-order chi connectivity index (χ1) is 7.85. The van der Waals surface area contributed by atoms with Crippen molar-refractivity contribution in [1.82, 2.24) is 10.2 Å². The summed E-state index contributed by atoms with van der Waals surface area (Å²) in [6, 6.07) is 0. The Bertz CT molecular complexity index is 181. The zero-order valence-corrected chi connectivity index (χ0v) is 11.0. The van der Waals surface area contributed by atoms with Crippen molar-refractivity contribution in [3.63, 3.8) is 0 Å². The van der Waals surface area contributed by atoms with Crippen molar-refractivity contribution < 1.29 is 0 Å². The van der Waals surface area contributed by atoms with Crippen molar-refractivity contribution in [2.75, 3.05) is 32.7 Å². The fourth-order valence-corrected chi connectivity index (χ4v) is 2.81.